The van der Waals surface area contributed by atoms with Gasteiger partial charge in [0.1, 0.15) is 0 Å². The van der Waals surface area contributed by atoms with E-state index in [2.05, 4.69) is 9.80 Å². The number of piperazine rings is 1. The van der Waals surface area contributed by atoms with Crippen LogP contribution in [0.5, 0.6) is 0 Å². The first-order chi connectivity index (χ1) is 20.9. The number of amides is 2. The summed E-state index contributed by atoms with van der Waals surface area (Å²) < 4.78 is 81.2. The van der Waals surface area contributed by atoms with Gasteiger partial charge in [-0.2, -0.15) is 26.3 Å². The molecular formula is C32H36F6N4O2. The molecule has 0 aromatic heterocycles. The fourth-order valence-electron chi connectivity index (χ4n) is 6.88. The van der Waals surface area contributed by atoms with Crippen molar-refractivity contribution >= 4 is 11.8 Å². The van der Waals surface area contributed by atoms with E-state index < -0.39 is 35.0 Å². The number of hydrogen-bond acceptors (Lipinski definition) is 4. The molecule has 6 rings (SSSR count). The van der Waals surface area contributed by atoms with Crippen molar-refractivity contribution in [3.63, 3.8) is 0 Å². The zero-order valence-electron chi connectivity index (χ0n) is 24.3. The molecule has 2 aromatic carbocycles. The summed E-state index contributed by atoms with van der Waals surface area (Å²) in [6.07, 6.45) is -6.46. The minimum absolute atomic E-state index is 0.0518. The van der Waals surface area contributed by atoms with E-state index in [1.165, 1.54) is 4.90 Å². The number of rotatable bonds is 6. The molecule has 44 heavy (non-hydrogen) atoms. The maximum Gasteiger partial charge on any atom is 0.416 e. The Morgan fingerprint density at radius 1 is 0.727 bits per heavy atom. The number of carbonyl (C=O) groups excluding carboxylic acids is 2. The van der Waals surface area contributed by atoms with Gasteiger partial charge in [-0.05, 0) is 55.9 Å². The lowest BCUT2D eigenvalue weighted by atomic mass is 9.90. The third-order valence-corrected chi connectivity index (χ3v) is 9.58. The highest BCUT2D eigenvalue weighted by Gasteiger charge is 2.43. The molecule has 6 nitrogen and oxygen atoms in total. The highest BCUT2D eigenvalue weighted by molar-refractivity contribution is 5.95. The minimum atomic E-state index is -5.03. The molecule has 0 bridgehead atoms. The van der Waals surface area contributed by atoms with Crippen LogP contribution in [0.3, 0.4) is 0 Å². The van der Waals surface area contributed by atoms with Crippen molar-refractivity contribution in [3.05, 3.63) is 70.8 Å². The number of alkyl halides is 6. The number of hydrogen-bond donors (Lipinski definition) is 0. The Labute approximate surface area is 252 Å². The van der Waals surface area contributed by atoms with Crippen LogP contribution in [0.25, 0.3) is 0 Å². The Kier molecular flexibility index (Phi) is 8.42. The van der Waals surface area contributed by atoms with Crippen LogP contribution < -0.4 is 0 Å². The molecule has 1 saturated carbocycles. The summed E-state index contributed by atoms with van der Waals surface area (Å²) in [5.74, 6) is -0.304. The molecule has 0 radical (unpaired) electrons. The van der Waals surface area contributed by atoms with E-state index >= 15 is 0 Å². The molecule has 3 aliphatic heterocycles. The lowest BCUT2D eigenvalue weighted by Crippen LogP contribution is -2.65. The minimum Gasteiger partial charge on any atom is -0.339 e. The maximum atomic E-state index is 13.7. The summed E-state index contributed by atoms with van der Waals surface area (Å²) in [6.45, 7) is 5.17. The highest BCUT2D eigenvalue weighted by atomic mass is 19.4. The summed E-state index contributed by atoms with van der Waals surface area (Å²) in [6, 6.07) is 10.6. The molecule has 12 heteroatoms. The van der Waals surface area contributed by atoms with Crippen molar-refractivity contribution in [2.75, 3.05) is 45.8 Å². The standard InChI is InChI=1S/C32H36F6N4O2/c33-31(34,35)24-15-23(16-25(17-24)32(36,37)38)30(44)42-9-8-26(18-27(42)14-21-4-2-1-3-5-21)39-10-12-40(13-11-39)28-19-41(20-28)29(43)22-6-7-22/h1-5,15-17,22,26-28H,6-14,18-20H2/t26?,27-/m1/s1. The Balaban J connectivity index is 1.14. The van der Waals surface area contributed by atoms with Gasteiger partial charge in [-0.25, -0.2) is 0 Å². The van der Waals surface area contributed by atoms with Crippen molar-refractivity contribution in [1.29, 1.82) is 0 Å². The number of halogens is 6. The molecule has 0 spiro atoms. The van der Waals surface area contributed by atoms with Crippen LogP contribution in [0, 0.1) is 5.92 Å². The lowest BCUT2D eigenvalue weighted by molar-refractivity contribution is -0.143. The average Bonchev–Trinajstić information content (AvgIpc) is 3.82. The average molecular weight is 623 g/mol. The number of carbonyl (C=O) groups is 2. The van der Waals surface area contributed by atoms with E-state index in [1.807, 2.05) is 35.2 Å². The van der Waals surface area contributed by atoms with E-state index in [4.69, 9.17) is 0 Å². The third-order valence-electron chi connectivity index (χ3n) is 9.58. The molecule has 1 aliphatic carbocycles. The predicted molar refractivity (Wildman–Crippen MR) is 151 cm³/mol. The first-order valence-electron chi connectivity index (χ1n) is 15.3. The van der Waals surface area contributed by atoms with Gasteiger partial charge in [0.05, 0.1) is 11.1 Å². The molecule has 4 fully saturated rings. The van der Waals surface area contributed by atoms with Crippen molar-refractivity contribution in [3.8, 4) is 0 Å². The molecule has 2 atom stereocenters. The second-order valence-electron chi connectivity index (χ2n) is 12.6. The maximum absolute atomic E-state index is 13.7. The smallest absolute Gasteiger partial charge is 0.339 e. The third kappa shape index (κ3) is 6.75. The van der Waals surface area contributed by atoms with Gasteiger partial charge >= 0.3 is 12.4 Å². The van der Waals surface area contributed by atoms with Crippen molar-refractivity contribution in [2.45, 2.75) is 62.6 Å². The summed E-state index contributed by atoms with van der Waals surface area (Å²) >= 11 is 0. The summed E-state index contributed by atoms with van der Waals surface area (Å²) in [4.78, 5) is 34.2. The van der Waals surface area contributed by atoms with E-state index in [-0.39, 0.29) is 36.5 Å². The second kappa shape index (κ2) is 12.0. The highest BCUT2D eigenvalue weighted by Crippen LogP contribution is 2.38. The van der Waals surface area contributed by atoms with Gasteiger partial charge in [-0.15, -0.1) is 0 Å². The van der Waals surface area contributed by atoms with Gasteiger partial charge in [-0.3, -0.25) is 19.4 Å². The Hall–Kier alpha value is -3.12. The number of likely N-dealkylation sites (tertiary alicyclic amines) is 2. The number of piperidine rings is 1. The molecule has 3 heterocycles. The summed E-state index contributed by atoms with van der Waals surface area (Å²) in [7, 11) is 0. The number of nitrogens with zero attached hydrogens (tertiary/aromatic N) is 4. The molecule has 0 N–H and O–H groups in total. The largest absolute Gasteiger partial charge is 0.416 e. The van der Waals surface area contributed by atoms with Crippen LogP contribution in [0.1, 0.15) is 52.7 Å². The van der Waals surface area contributed by atoms with Crippen LogP contribution in [0.4, 0.5) is 26.3 Å². The Morgan fingerprint density at radius 2 is 1.30 bits per heavy atom. The van der Waals surface area contributed by atoms with E-state index in [0.29, 0.717) is 37.4 Å². The lowest BCUT2D eigenvalue weighted by Gasteiger charge is -2.50. The molecule has 238 valence electrons. The molecule has 1 unspecified atom stereocenters. The van der Waals surface area contributed by atoms with Crippen molar-refractivity contribution < 1.29 is 35.9 Å². The first-order valence-corrected chi connectivity index (χ1v) is 15.3. The van der Waals surface area contributed by atoms with Gasteiger partial charge in [0.15, 0.2) is 0 Å². The molecule has 2 aromatic rings. The van der Waals surface area contributed by atoms with Crippen LogP contribution >= 0.6 is 0 Å². The Morgan fingerprint density at radius 3 is 1.84 bits per heavy atom. The van der Waals surface area contributed by atoms with Crippen LogP contribution in [0.2, 0.25) is 0 Å². The van der Waals surface area contributed by atoms with Crippen LogP contribution in [-0.2, 0) is 23.6 Å². The monoisotopic (exact) mass is 622 g/mol. The van der Waals surface area contributed by atoms with Gasteiger partial charge in [0, 0.05) is 75.4 Å². The van der Waals surface area contributed by atoms with Gasteiger partial charge in [-0.1, -0.05) is 30.3 Å². The fraction of sp³-hybridized carbons (Fsp3) is 0.562. The quantitative estimate of drug-likeness (QED) is 0.417. The Bertz CT molecular complexity index is 1320. The predicted octanol–water partition coefficient (Wildman–Crippen LogP) is 5.18. The van der Waals surface area contributed by atoms with E-state index in [1.54, 1.807) is 0 Å². The van der Waals surface area contributed by atoms with E-state index in [9.17, 15) is 35.9 Å². The van der Waals surface area contributed by atoms with Gasteiger partial charge < -0.3 is 9.80 Å². The van der Waals surface area contributed by atoms with Crippen LogP contribution in [-0.4, -0.2) is 95.4 Å². The zero-order valence-corrected chi connectivity index (χ0v) is 24.3. The molecule has 2 amide bonds. The zero-order chi connectivity index (χ0) is 31.2. The van der Waals surface area contributed by atoms with Crippen LogP contribution in [0.15, 0.2) is 48.5 Å². The van der Waals surface area contributed by atoms with Gasteiger partial charge in [0.25, 0.3) is 5.91 Å². The fourth-order valence-corrected chi connectivity index (χ4v) is 6.88. The molecule has 3 saturated heterocycles. The summed E-state index contributed by atoms with van der Waals surface area (Å²) in [5.41, 5.74) is -2.65. The normalized spacial score (nSPS) is 24.3. The van der Waals surface area contributed by atoms with E-state index in [0.717, 1.165) is 57.7 Å². The van der Waals surface area contributed by atoms with Gasteiger partial charge in [0.2, 0.25) is 5.91 Å². The van der Waals surface area contributed by atoms with Crippen molar-refractivity contribution in [2.24, 2.45) is 5.92 Å². The second-order valence-corrected chi connectivity index (χ2v) is 12.6. The van der Waals surface area contributed by atoms with Crippen molar-refractivity contribution in [1.82, 2.24) is 19.6 Å². The first kappa shape index (κ1) is 30.9. The summed E-state index contributed by atoms with van der Waals surface area (Å²) in [5, 5.41) is 0. The topological polar surface area (TPSA) is 47.1 Å². The number of benzene rings is 2. The molecule has 4 aliphatic rings. The SMILES string of the molecule is O=C(C1CC1)N1CC(N2CCN(C3CCN(C(=O)c4cc(C(F)(F)F)cc(C(F)(F)F)c4)[C@H](Cc4ccccc4)C3)CC2)C1. The molecular weight excluding hydrogens is 586 g/mol.